The lowest BCUT2D eigenvalue weighted by Crippen LogP contribution is -2.05. The highest BCUT2D eigenvalue weighted by molar-refractivity contribution is 7.17. The number of fused-ring (bicyclic) bond motifs is 1. The lowest BCUT2D eigenvalue weighted by Gasteiger charge is -2.10. The highest BCUT2D eigenvalue weighted by atomic mass is 32.1. The standard InChI is InChI=1S/C16H15N3O3S/c1-3-22-16(21)11-7-23-15-13(11)14(17-8-18-15)19-12-5-4-10(20)6-9(12)2/h4-8,20H,3H2,1-2H3,(H,17,18,19). The number of esters is 1. The number of benzene rings is 1. The van der Waals surface area contributed by atoms with Crippen molar-refractivity contribution in [2.75, 3.05) is 11.9 Å². The SMILES string of the molecule is CCOC(=O)c1csc2ncnc(Nc3ccc(O)cc3C)c12. The first kappa shape index (κ1) is 15.2. The van der Waals surface area contributed by atoms with Crippen molar-refractivity contribution in [1.29, 1.82) is 0 Å². The number of hydrogen-bond donors (Lipinski definition) is 2. The van der Waals surface area contributed by atoms with Crippen molar-refractivity contribution >= 4 is 39.0 Å². The highest BCUT2D eigenvalue weighted by Crippen LogP contribution is 2.32. The van der Waals surface area contributed by atoms with Crippen molar-refractivity contribution in [1.82, 2.24) is 9.97 Å². The number of carbonyl (C=O) groups excluding carboxylic acids is 1. The van der Waals surface area contributed by atoms with E-state index in [1.165, 1.54) is 17.7 Å². The van der Waals surface area contributed by atoms with Crippen molar-refractivity contribution in [2.24, 2.45) is 0 Å². The molecule has 1 aromatic carbocycles. The van der Waals surface area contributed by atoms with Gasteiger partial charge >= 0.3 is 5.97 Å². The van der Waals surface area contributed by atoms with E-state index >= 15 is 0 Å². The number of aromatic hydroxyl groups is 1. The van der Waals surface area contributed by atoms with Crippen LogP contribution in [0.4, 0.5) is 11.5 Å². The van der Waals surface area contributed by atoms with E-state index < -0.39 is 0 Å². The van der Waals surface area contributed by atoms with Crippen LogP contribution in [0.2, 0.25) is 0 Å². The van der Waals surface area contributed by atoms with Gasteiger partial charge in [0.15, 0.2) is 0 Å². The number of thiophene rings is 1. The Bertz CT molecular complexity index is 876. The smallest absolute Gasteiger partial charge is 0.339 e. The van der Waals surface area contributed by atoms with Crippen LogP contribution in [0.25, 0.3) is 10.2 Å². The van der Waals surface area contributed by atoms with Gasteiger partial charge in [0.05, 0.1) is 17.6 Å². The molecule has 0 spiro atoms. The number of nitrogens with one attached hydrogen (secondary N) is 1. The summed E-state index contributed by atoms with van der Waals surface area (Å²) in [5, 5.41) is 15.1. The molecular weight excluding hydrogens is 314 g/mol. The molecular formula is C16H15N3O3S. The Hall–Kier alpha value is -2.67. The minimum atomic E-state index is -0.390. The normalized spacial score (nSPS) is 10.7. The number of ether oxygens (including phenoxy) is 1. The van der Waals surface area contributed by atoms with Crippen LogP contribution >= 0.6 is 11.3 Å². The van der Waals surface area contributed by atoms with Crippen LogP contribution in [0, 0.1) is 6.92 Å². The molecule has 0 aliphatic rings. The molecule has 0 unspecified atom stereocenters. The van der Waals surface area contributed by atoms with Gasteiger partial charge in [0.25, 0.3) is 0 Å². The zero-order valence-electron chi connectivity index (χ0n) is 12.7. The molecule has 0 aliphatic carbocycles. The molecule has 118 valence electrons. The number of nitrogens with zero attached hydrogens (tertiary/aromatic N) is 2. The first-order valence-corrected chi connectivity index (χ1v) is 7.94. The molecule has 3 aromatic rings. The Morgan fingerprint density at radius 3 is 2.96 bits per heavy atom. The quantitative estimate of drug-likeness (QED) is 0.562. The van der Waals surface area contributed by atoms with E-state index in [1.54, 1.807) is 30.5 Å². The third-order valence-corrected chi connectivity index (χ3v) is 4.21. The average Bonchev–Trinajstić information content (AvgIpc) is 2.95. The summed E-state index contributed by atoms with van der Waals surface area (Å²) >= 11 is 1.37. The number of hydrogen-bond acceptors (Lipinski definition) is 7. The molecule has 6 nitrogen and oxygen atoms in total. The van der Waals surface area contributed by atoms with Crippen LogP contribution in [0.1, 0.15) is 22.8 Å². The summed E-state index contributed by atoms with van der Waals surface area (Å²) in [6.07, 6.45) is 1.45. The van der Waals surface area contributed by atoms with Gasteiger partial charge in [-0.2, -0.15) is 0 Å². The molecule has 2 N–H and O–H groups in total. The number of aromatic nitrogens is 2. The maximum Gasteiger partial charge on any atom is 0.339 e. The van der Waals surface area contributed by atoms with Crippen LogP contribution in [0.15, 0.2) is 29.9 Å². The second kappa shape index (κ2) is 6.21. The van der Waals surface area contributed by atoms with Gasteiger partial charge in [-0.3, -0.25) is 0 Å². The molecule has 2 heterocycles. The Morgan fingerprint density at radius 2 is 2.22 bits per heavy atom. The predicted molar refractivity (Wildman–Crippen MR) is 89.5 cm³/mol. The predicted octanol–water partition coefficient (Wildman–Crippen LogP) is 3.63. The highest BCUT2D eigenvalue weighted by Gasteiger charge is 2.18. The van der Waals surface area contributed by atoms with Crippen molar-refractivity contribution in [2.45, 2.75) is 13.8 Å². The second-order valence-corrected chi connectivity index (χ2v) is 5.75. The fourth-order valence-electron chi connectivity index (χ4n) is 2.24. The molecule has 0 amide bonds. The molecule has 23 heavy (non-hydrogen) atoms. The van der Waals surface area contributed by atoms with Crippen molar-refractivity contribution in [3.63, 3.8) is 0 Å². The molecule has 0 atom stereocenters. The van der Waals surface area contributed by atoms with E-state index in [0.29, 0.717) is 28.2 Å². The topological polar surface area (TPSA) is 84.3 Å². The molecule has 0 bridgehead atoms. The molecule has 0 saturated carbocycles. The maximum absolute atomic E-state index is 12.1. The molecule has 0 aliphatic heterocycles. The summed E-state index contributed by atoms with van der Waals surface area (Å²) < 4.78 is 5.09. The molecule has 0 fully saturated rings. The van der Waals surface area contributed by atoms with E-state index in [9.17, 15) is 9.90 Å². The monoisotopic (exact) mass is 329 g/mol. The number of phenolic OH excluding ortho intramolecular Hbond substituents is 1. The van der Waals surface area contributed by atoms with E-state index in [2.05, 4.69) is 15.3 Å². The Labute approximate surface area is 136 Å². The largest absolute Gasteiger partial charge is 0.508 e. The Kier molecular flexibility index (Phi) is 4.12. The van der Waals surface area contributed by atoms with Crippen molar-refractivity contribution in [3.05, 3.63) is 41.0 Å². The zero-order valence-corrected chi connectivity index (χ0v) is 13.5. The van der Waals surface area contributed by atoms with Gasteiger partial charge in [0, 0.05) is 11.1 Å². The summed E-state index contributed by atoms with van der Waals surface area (Å²) in [7, 11) is 0. The second-order valence-electron chi connectivity index (χ2n) is 4.90. The van der Waals surface area contributed by atoms with Gasteiger partial charge < -0.3 is 15.2 Å². The summed E-state index contributed by atoms with van der Waals surface area (Å²) in [5.74, 6) is 0.343. The first-order chi connectivity index (χ1) is 11.1. The van der Waals surface area contributed by atoms with Crippen LogP contribution in [-0.4, -0.2) is 27.7 Å². The molecule has 3 rings (SSSR count). The number of carbonyl (C=O) groups is 1. The van der Waals surface area contributed by atoms with Crippen LogP contribution < -0.4 is 5.32 Å². The van der Waals surface area contributed by atoms with Crippen LogP contribution in [-0.2, 0) is 4.74 Å². The lowest BCUT2D eigenvalue weighted by atomic mass is 10.1. The van der Waals surface area contributed by atoms with Crippen LogP contribution in [0.3, 0.4) is 0 Å². The van der Waals surface area contributed by atoms with Crippen molar-refractivity contribution in [3.8, 4) is 5.75 Å². The van der Waals surface area contributed by atoms with E-state index in [1.807, 2.05) is 6.92 Å². The number of anilines is 2. The fourth-order valence-corrected chi connectivity index (χ4v) is 3.12. The third kappa shape index (κ3) is 2.95. The van der Waals surface area contributed by atoms with Gasteiger partial charge in [0.2, 0.25) is 0 Å². The summed E-state index contributed by atoms with van der Waals surface area (Å²) in [6, 6.07) is 5.00. The fraction of sp³-hybridized carbons (Fsp3) is 0.188. The Morgan fingerprint density at radius 1 is 1.39 bits per heavy atom. The van der Waals surface area contributed by atoms with Crippen molar-refractivity contribution < 1.29 is 14.6 Å². The maximum atomic E-state index is 12.1. The van der Waals surface area contributed by atoms with E-state index in [0.717, 1.165) is 11.3 Å². The van der Waals surface area contributed by atoms with E-state index in [-0.39, 0.29) is 11.7 Å². The molecule has 0 saturated heterocycles. The molecule has 2 aromatic heterocycles. The molecule has 7 heteroatoms. The minimum absolute atomic E-state index is 0.198. The third-order valence-electron chi connectivity index (χ3n) is 3.33. The first-order valence-electron chi connectivity index (χ1n) is 7.06. The summed E-state index contributed by atoms with van der Waals surface area (Å²) in [5.41, 5.74) is 2.11. The average molecular weight is 329 g/mol. The minimum Gasteiger partial charge on any atom is -0.508 e. The van der Waals surface area contributed by atoms with Gasteiger partial charge in [-0.1, -0.05) is 0 Å². The lowest BCUT2D eigenvalue weighted by molar-refractivity contribution is 0.0529. The summed E-state index contributed by atoms with van der Waals surface area (Å²) in [4.78, 5) is 21.3. The van der Waals surface area contributed by atoms with Gasteiger partial charge in [-0.05, 0) is 37.6 Å². The summed E-state index contributed by atoms with van der Waals surface area (Å²) in [6.45, 7) is 3.95. The van der Waals surface area contributed by atoms with Gasteiger partial charge in [-0.15, -0.1) is 11.3 Å². The van der Waals surface area contributed by atoms with Crippen LogP contribution in [0.5, 0.6) is 5.75 Å². The molecule has 0 radical (unpaired) electrons. The number of aryl methyl sites for hydroxylation is 1. The Balaban J connectivity index is 2.06. The number of phenols is 1. The van der Waals surface area contributed by atoms with Gasteiger partial charge in [-0.25, -0.2) is 14.8 Å². The van der Waals surface area contributed by atoms with Gasteiger partial charge in [0.1, 0.15) is 22.7 Å². The zero-order chi connectivity index (χ0) is 16.4. The van der Waals surface area contributed by atoms with E-state index in [4.69, 9.17) is 4.74 Å². The number of rotatable bonds is 4.